The Kier molecular flexibility index (Phi) is 3.85. The number of nitrogens with zero attached hydrogens (tertiary/aromatic N) is 2. The second kappa shape index (κ2) is 5.40. The van der Waals surface area contributed by atoms with Gasteiger partial charge in [0.2, 0.25) is 5.28 Å². The summed E-state index contributed by atoms with van der Waals surface area (Å²) in [6, 6.07) is 4.39. The van der Waals surface area contributed by atoms with E-state index in [-0.39, 0.29) is 28.6 Å². The fourth-order valence-corrected chi connectivity index (χ4v) is 1.83. The molecule has 2 aromatic rings. The average Bonchev–Trinajstić information content (AvgIpc) is 2.35. The molecular formula is C13H13ClFN3O. The average molecular weight is 282 g/mol. The first kappa shape index (κ1) is 13.5. The Hall–Kier alpha value is -1.88. The van der Waals surface area contributed by atoms with Crippen LogP contribution in [0.4, 0.5) is 15.9 Å². The van der Waals surface area contributed by atoms with Crippen LogP contribution in [0.3, 0.4) is 0 Å². The molecule has 0 unspecified atom stereocenters. The highest BCUT2D eigenvalue weighted by molar-refractivity contribution is 6.28. The number of hydrogen-bond acceptors (Lipinski definition) is 4. The number of halogens is 2. The van der Waals surface area contributed by atoms with Crippen molar-refractivity contribution < 1.29 is 9.50 Å². The Morgan fingerprint density at radius 1 is 1.37 bits per heavy atom. The van der Waals surface area contributed by atoms with E-state index in [2.05, 4.69) is 15.3 Å². The Labute approximate surface area is 115 Å². The van der Waals surface area contributed by atoms with Gasteiger partial charge < -0.3 is 10.4 Å². The molecule has 0 radical (unpaired) electrons. The molecule has 6 heteroatoms. The smallest absolute Gasteiger partial charge is 0.224 e. The summed E-state index contributed by atoms with van der Waals surface area (Å²) in [6.07, 6.45) is 1.20. The highest BCUT2D eigenvalue weighted by Gasteiger charge is 2.11. The summed E-state index contributed by atoms with van der Waals surface area (Å²) in [4.78, 5) is 7.55. The summed E-state index contributed by atoms with van der Waals surface area (Å²) in [5.74, 6) is -0.117. The van der Waals surface area contributed by atoms with E-state index < -0.39 is 0 Å². The van der Waals surface area contributed by atoms with Crippen LogP contribution in [-0.4, -0.2) is 15.1 Å². The lowest BCUT2D eigenvalue weighted by Crippen LogP contribution is -2.01. The van der Waals surface area contributed by atoms with Crippen LogP contribution in [-0.2, 0) is 0 Å². The summed E-state index contributed by atoms with van der Waals surface area (Å²) in [5.41, 5.74) is 1.45. The molecule has 0 amide bonds. The number of aromatic nitrogens is 2. The Morgan fingerprint density at radius 2 is 2.11 bits per heavy atom. The zero-order valence-electron chi connectivity index (χ0n) is 10.5. The molecule has 2 N–H and O–H groups in total. The standard InChI is InChI=1S/C13H13ClFN3O/c1-7(2)9-5-8(15)3-4-10(9)17-12-11(19)6-16-13(14)18-12/h3-7,19H,1-2H3,(H,16,17,18). The van der Waals surface area contributed by atoms with E-state index in [9.17, 15) is 9.50 Å². The first-order chi connectivity index (χ1) is 8.97. The lowest BCUT2D eigenvalue weighted by Gasteiger charge is -2.14. The van der Waals surface area contributed by atoms with E-state index in [0.717, 1.165) is 5.56 Å². The van der Waals surface area contributed by atoms with Crippen LogP contribution in [0.2, 0.25) is 5.28 Å². The monoisotopic (exact) mass is 281 g/mol. The third-order valence-electron chi connectivity index (χ3n) is 2.63. The van der Waals surface area contributed by atoms with Crippen LogP contribution in [0.25, 0.3) is 0 Å². The minimum absolute atomic E-state index is 0.0218. The van der Waals surface area contributed by atoms with Crippen molar-refractivity contribution in [3.8, 4) is 5.75 Å². The minimum Gasteiger partial charge on any atom is -0.503 e. The number of hydrogen-bond donors (Lipinski definition) is 2. The molecule has 0 bridgehead atoms. The fraction of sp³-hybridized carbons (Fsp3) is 0.231. The number of nitrogens with one attached hydrogen (secondary N) is 1. The topological polar surface area (TPSA) is 58.0 Å². The molecule has 0 fully saturated rings. The molecule has 1 aromatic heterocycles. The van der Waals surface area contributed by atoms with E-state index in [0.29, 0.717) is 5.69 Å². The van der Waals surface area contributed by atoms with Gasteiger partial charge in [0.05, 0.1) is 6.20 Å². The van der Waals surface area contributed by atoms with Gasteiger partial charge in [-0.15, -0.1) is 0 Å². The van der Waals surface area contributed by atoms with Crippen molar-refractivity contribution in [1.82, 2.24) is 9.97 Å². The lowest BCUT2D eigenvalue weighted by molar-refractivity contribution is 0.472. The van der Waals surface area contributed by atoms with Crippen LogP contribution < -0.4 is 5.32 Å². The van der Waals surface area contributed by atoms with Crippen molar-refractivity contribution >= 4 is 23.1 Å². The normalized spacial score (nSPS) is 10.8. The van der Waals surface area contributed by atoms with Crippen molar-refractivity contribution in [2.75, 3.05) is 5.32 Å². The van der Waals surface area contributed by atoms with Crippen molar-refractivity contribution in [3.05, 3.63) is 41.1 Å². The quantitative estimate of drug-likeness (QED) is 0.839. The van der Waals surface area contributed by atoms with E-state index >= 15 is 0 Å². The first-order valence-corrected chi connectivity index (χ1v) is 6.13. The summed E-state index contributed by atoms with van der Waals surface area (Å²) in [7, 11) is 0. The molecule has 0 aliphatic carbocycles. The Morgan fingerprint density at radius 3 is 2.79 bits per heavy atom. The molecule has 4 nitrogen and oxygen atoms in total. The molecule has 0 spiro atoms. The summed E-state index contributed by atoms with van der Waals surface area (Å²) in [5, 5.41) is 12.6. The van der Waals surface area contributed by atoms with Crippen molar-refractivity contribution in [1.29, 1.82) is 0 Å². The summed E-state index contributed by atoms with van der Waals surface area (Å²) < 4.78 is 13.3. The predicted octanol–water partition coefficient (Wildman–Crippen LogP) is 3.84. The Balaban J connectivity index is 2.40. The highest BCUT2D eigenvalue weighted by atomic mass is 35.5. The fourth-order valence-electron chi connectivity index (χ4n) is 1.70. The molecule has 0 atom stereocenters. The molecule has 0 aliphatic heterocycles. The van der Waals surface area contributed by atoms with Crippen LogP contribution in [0.15, 0.2) is 24.4 Å². The molecule has 1 heterocycles. The maximum absolute atomic E-state index is 13.3. The molecule has 0 aliphatic rings. The summed E-state index contributed by atoms with van der Waals surface area (Å²) >= 11 is 5.68. The van der Waals surface area contributed by atoms with Gasteiger partial charge in [-0.05, 0) is 41.3 Å². The number of rotatable bonds is 3. The minimum atomic E-state index is -0.306. The number of anilines is 2. The zero-order chi connectivity index (χ0) is 14.0. The molecule has 2 rings (SSSR count). The van der Waals surface area contributed by atoms with E-state index in [1.54, 1.807) is 6.07 Å². The van der Waals surface area contributed by atoms with Gasteiger partial charge in [0, 0.05) is 5.69 Å². The van der Waals surface area contributed by atoms with Crippen LogP contribution in [0, 0.1) is 5.82 Å². The molecule has 1 aromatic carbocycles. The van der Waals surface area contributed by atoms with E-state index in [1.807, 2.05) is 13.8 Å². The number of aromatic hydroxyl groups is 1. The lowest BCUT2D eigenvalue weighted by atomic mass is 10.0. The third-order valence-corrected chi connectivity index (χ3v) is 2.81. The zero-order valence-corrected chi connectivity index (χ0v) is 11.2. The second-order valence-corrected chi connectivity index (χ2v) is 4.72. The van der Waals surface area contributed by atoms with Crippen molar-refractivity contribution in [2.45, 2.75) is 19.8 Å². The molecule has 0 saturated carbocycles. The van der Waals surface area contributed by atoms with Crippen molar-refractivity contribution in [3.63, 3.8) is 0 Å². The van der Waals surface area contributed by atoms with Crippen LogP contribution in [0.5, 0.6) is 5.75 Å². The SMILES string of the molecule is CC(C)c1cc(F)ccc1Nc1nc(Cl)ncc1O. The third kappa shape index (κ3) is 3.12. The molecule has 100 valence electrons. The van der Waals surface area contributed by atoms with Gasteiger partial charge in [-0.1, -0.05) is 13.8 Å². The first-order valence-electron chi connectivity index (χ1n) is 5.75. The highest BCUT2D eigenvalue weighted by Crippen LogP contribution is 2.30. The second-order valence-electron chi connectivity index (χ2n) is 4.38. The van der Waals surface area contributed by atoms with Gasteiger partial charge in [-0.25, -0.2) is 9.37 Å². The maximum atomic E-state index is 13.3. The van der Waals surface area contributed by atoms with Gasteiger partial charge >= 0.3 is 0 Å². The van der Waals surface area contributed by atoms with Gasteiger partial charge in [0.15, 0.2) is 11.6 Å². The maximum Gasteiger partial charge on any atom is 0.224 e. The van der Waals surface area contributed by atoms with E-state index in [4.69, 9.17) is 11.6 Å². The van der Waals surface area contributed by atoms with Gasteiger partial charge in [0.1, 0.15) is 5.82 Å². The molecule has 19 heavy (non-hydrogen) atoms. The predicted molar refractivity (Wildman–Crippen MR) is 72.5 cm³/mol. The van der Waals surface area contributed by atoms with Crippen molar-refractivity contribution in [2.24, 2.45) is 0 Å². The Bertz CT molecular complexity index is 604. The number of benzene rings is 1. The largest absolute Gasteiger partial charge is 0.503 e. The van der Waals surface area contributed by atoms with Crippen LogP contribution >= 0.6 is 11.6 Å². The van der Waals surface area contributed by atoms with Gasteiger partial charge in [-0.2, -0.15) is 4.98 Å². The molecular weight excluding hydrogens is 269 g/mol. The van der Waals surface area contributed by atoms with Gasteiger partial charge in [0.25, 0.3) is 0 Å². The summed E-state index contributed by atoms with van der Waals surface area (Å²) in [6.45, 7) is 3.90. The molecule has 0 saturated heterocycles. The van der Waals surface area contributed by atoms with Gasteiger partial charge in [-0.3, -0.25) is 0 Å². The van der Waals surface area contributed by atoms with Crippen LogP contribution in [0.1, 0.15) is 25.3 Å². The van der Waals surface area contributed by atoms with E-state index in [1.165, 1.54) is 18.3 Å².